The lowest BCUT2D eigenvalue weighted by atomic mass is 10.1. The molecule has 3 aromatic rings. The van der Waals surface area contributed by atoms with E-state index in [9.17, 15) is 27.6 Å². The van der Waals surface area contributed by atoms with Crippen molar-refractivity contribution in [2.45, 2.75) is 18.2 Å². The van der Waals surface area contributed by atoms with Crippen LogP contribution in [-0.2, 0) is 30.8 Å². The summed E-state index contributed by atoms with van der Waals surface area (Å²) in [5, 5.41) is 0. The van der Waals surface area contributed by atoms with Gasteiger partial charge in [0.25, 0.3) is 27.7 Å². The summed E-state index contributed by atoms with van der Waals surface area (Å²) in [5.74, 6) is -2.34. The van der Waals surface area contributed by atoms with Gasteiger partial charge in [-0.2, -0.15) is 4.90 Å². The van der Waals surface area contributed by atoms with Crippen LogP contribution >= 0.6 is 0 Å². The summed E-state index contributed by atoms with van der Waals surface area (Å²) in [4.78, 5) is 50.8. The molecule has 0 radical (unpaired) electrons. The van der Waals surface area contributed by atoms with E-state index in [2.05, 4.69) is 4.72 Å². The average molecular weight is 534 g/mol. The lowest BCUT2D eigenvalue weighted by Crippen LogP contribution is -2.57. The lowest BCUT2D eigenvalue weighted by molar-refractivity contribution is -0.147. The smallest absolute Gasteiger partial charge is 0.423 e. The minimum atomic E-state index is -3.89. The summed E-state index contributed by atoms with van der Waals surface area (Å²) in [6.45, 7) is 0.594. The number of nitrogens with one attached hydrogen (secondary N) is 1. The predicted molar refractivity (Wildman–Crippen MR) is 137 cm³/mol. The third kappa shape index (κ3) is 4.63. The van der Waals surface area contributed by atoms with E-state index in [1.165, 1.54) is 24.3 Å². The first-order valence-electron chi connectivity index (χ1n) is 11.8. The minimum Gasteiger partial charge on any atom is -0.449 e. The predicted octanol–water partition coefficient (Wildman–Crippen LogP) is 3.03. The van der Waals surface area contributed by atoms with Gasteiger partial charge in [0, 0.05) is 11.3 Å². The maximum absolute atomic E-state index is 13.0. The van der Waals surface area contributed by atoms with Crippen LogP contribution in [0, 0.1) is 0 Å². The Morgan fingerprint density at radius 1 is 0.895 bits per heavy atom. The van der Waals surface area contributed by atoms with Gasteiger partial charge in [0.1, 0.15) is 13.1 Å². The second kappa shape index (κ2) is 9.75. The normalized spacial score (nSPS) is 14.7. The minimum absolute atomic E-state index is 0.00459. The van der Waals surface area contributed by atoms with Crippen LogP contribution in [0.3, 0.4) is 0 Å². The summed E-state index contributed by atoms with van der Waals surface area (Å²) in [6.07, 6.45) is -0.413. The van der Waals surface area contributed by atoms with E-state index < -0.39 is 46.9 Å². The largest absolute Gasteiger partial charge is 0.449 e. The lowest BCUT2D eigenvalue weighted by Gasteiger charge is -2.30. The molecule has 2 aliphatic rings. The number of ether oxygens (including phenoxy) is 1. The van der Waals surface area contributed by atoms with Crippen LogP contribution in [0.15, 0.2) is 71.6 Å². The van der Waals surface area contributed by atoms with Gasteiger partial charge >= 0.3 is 6.09 Å². The Labute approximate surface area is 218 Å². The monoisotopic (exact) mass is 533 g/mol. The fraction of sp³-hybridized carbons (Fsp3) is 0.185. The van der Waals surface area contributed by atoms with Gasteiger partial charge in [-0.1, -0.05) is 30.3 Å². The van der Waals surface area contributed by atoms with Crippen molar-refractivity contribution in [1.29, 1.82) is 0 Å². The molecule has 1 aliphatic heterocycles. The van der Waals surface area contributed by atoms with Crippen molar-refractivity contribution in [3.8, 4) is 11.1 Å². The number of hydrogen-bond donors (Lipinski definition) is 1. The number of rotatable bonds is 5. The number of carbonyl (C=O) groups excluding carboxylic acids is 4. The maximum atomic E-state index is 13.0. The van der Waals surface area contributed by atoms with Crippen molar-refractivity contribution in [2.75, 3.05) is 24.4 Å². The fourth-order valence-electron chi connectivity index (χ4n) is 4.56. The van der Waals surface area contributed by atoms with Crippen LogP contribution in [0.4, 0.5) is 10.5 Å². The molecule has 1 fully saturated rings. The van der Waals surface area contributed by atoms with E-state index >= 15 is 0 Å². The van der Waals surface area contributed by atoms with E-state index in [1.807, 2.05) is 30.3 Å². The quantitative estimate of drug-likeness (QED) is 0.390. The van der Waals surface area contributed by atoms with Crippen molar-refractivity contribution >= 4 is 39.5 Å². The molecule has 1 heterocycles. The molecule has 1 saturated heterocycles. The summed E-state index contributed by atoms with van der Waals surface area (Å²) in [7, 11) is -3.89. The number of fused-ring (bicyclic) bond motifs is 3. The molecular formula is C27H23N3O7S. The average Bonchev–Trinajstić information content (AvgIpc) is 3.26. The van der Waals surface area contributed by atoms with Crippen molar-refractivity contribution in [1.82, 2.24) is 9.80 Å². The van der Waals surface area contributed by atoms with E-state index in [0.29, 0.717) is 11.3 Å². The first-order chi connectivity index (χ1) is 18.2. The number of amides is 4. The van der Waals surface area contributed by atoms with Crippen LogP contribution in [0.5, 0.6) is 0 Å². The number of piperazine rings is 1. The highest BCUT2D eigenvalue weighted by Crippen LogP contribution is 2.37. The van der Waals surface area contributed by atoms with E-state index in [-0.39, 0.29) is 22.8 Å². The van der Waals surface area contributed by atoms with Crippen LogP contribution in [0.1, 0.15) is 28.4 Å². The second-order valence-electron chi connectivity index (χ2n) is 8.82. The zero-order valence-electron chi connectivity index (χ0n) is 20.3. The Kier molecular flexibility index (Phi) is 6.45. The number of sulfonamides is 1. The van der Waals surface area contributed by atoms with Gasteiger partial charge in [0.05, 0.1) is 11.5 Å². The third-order valence-electron chi connectivity index (χ3n) is 6.35. The summed E-state index contributed by atoms with van der Waals surface area (Å²) in [6, 6.07) is 18.6. The molecule has 1 aliphatic carbocycles. The van der Waals surface area contributed by atoms with Gasteiger partial charge in [-0.3, -0.25) is 19.1 Å². The molecule has 0 atom stereocenters. The van der Waals surface area contributed by atoms with Crippen LogP contribution < -0.4 is 4.72 Å². The Morgan fingerprint density at radius 2 is 1.55 bits per heavy atom. The molecule has 38 heavy (non-hydrogen) atoms. The molecule has 0 saturated carbocycles. The Balaban J connectivity index is 1.27. The summed E-state index contributed by atoms with van der Waals surface area (Å²) < 4.78 is 33.3. The van der Waals surface area contributed by atoms with Crippen molar-refractivity contribution in [3.05, 3.63) is 83.4 Å². The Morgan fingerprint density at radius 3 is 2.24 bits per heavy atom. The highest BCUT2D eigenvalue weighted by atomic mass is 32.2. The topological polar surface area (TPSA) is 130 Å². The first-order valence-corrected chi connectivity index (χ1v) is 13.3. The van der Waals surface area contributed by atoms with Crippen LogP contribution in [-0.4, -0.2) is 61.7 Å². The maximum Gasteiger partial charge on any atom is 0.423 e. The van der Waals surface area contributed by atoms with Gasteiger partial charge < -0.3 is 9.64 Å². The van der Waals surface area contributed by atoms with Gasteiger partial charge in [-0.25, -0.2) is 13.2 Å². The van der Waals surface area contributed by atoms with Gasteiger partial charge in [0.2, 0.25) is 0 Å². The van der Waals surface area contributed by atoms with Crippen LogP contribution in [0.25, 0.3) is 11.1 Å². The zero-order valence-corrected chi connectivity index (χ0v) is 21.2. The number of hydrogen-bond acceptors (Lipinski definition) is 7. The Hall–Kier alpha value is -4.51. The fourth-order valence-corrected chi connectivity index (χ4v) is 5.67. The molecule has 10 nitrogen and oxygen atoms in total. The highest BCUT2D eigenvalue weighted by molar-refractivity contribution is 7.92. The van der Waals surface area contributed by atoms with Gasteiger partial charge in [-0.15, -0.1) is 0 Å². The SMILES string of the molecule is CCOC(=O)N1C(=O)CN(C(=O)c2ccc(NS(=O)(=O)c3ccc4c(c3)Cc3ccccc3-4)cc2)CC1=O. The standard InChI is InChI=1S/C27H23N3O7S/c1-2-37-27(34)30-24(31)15-29(16-25(30)32)26(33)17-7-9-20(10-8-17)28-38(35,36)21-11-12-23-19(14-21)13-18-5-3-4-6-22(18)23/h3-12,14,28H,2,13,15-16H2,1H3. The molecule has 11 heteroatoms. The molecule has 5 rings (SSSR count). The zero-order chi connectivity index (χ0) is 27.0. The molecule has 1 N–H and O–H groups in total. The molecule has 194 valence electrons. The molecule has 0 unspecified atom stereocenters. The molecule has 4 amide bonds. The second-order valence-corrected chi connectivity index (χ2v) is 10.5. The number of benzene rings is 3. The number of carbonyl (C=O) groups is 4. The first kappa shape index (κ1) is 25.2. The van der Waals surface area contributed by atoms with Gasteiger partial charge in [-0.05, 0) is 72.0 Å². The molecule has 3 aromatic carbocycles. The molecule has 0 spiro atoms. The number of nitrogens with zero attached hydrogens (tertiary/aromatic N) is 2. The van der Waals surface area contributed by atoms with Crippen molar-refractivity contribution in [3.63, 3.8) is 0 Å². The van der Waals surface area contributed by atoms with E-state index in [4.69, 9.17) is 4.74 Å². The molecule has 0 bridgehead atoms. The number of imide groups is 3. The van der Waals surface area contributed by atoms with E-state index in [1.54, 1.807) is 19.1 Å². The summed E-state index contributed by atoms with van der Waals surface area (Å²) >= 11 is 0. The van der Waals surface area contributed by atoms with Crippen molar-refractivity contribution in [2.24, 2.45) is 0 Å². The van der Waals surface area contributed by atoms with Gasteiger partial charge in [0.15, 0.2) is 0 Å². The van der Waals surface area contributed by atoms with Crippen LogP contribution in [0.2, 0.25) is 0 Å². The third-order valence-corrected chi connectivity index (χ3v) is 7.73. The summed E-state index contributed by atoms with van der Waals surface area (Å²) in [5.41, 5.74) is 4.59. The van der Waals surface area contributed by atoms with Crippen molar-refractivity contribution < 1.29 is 32.3 Å². The van der Waals surface area contributed by atoms with E-state index in [0.717, 1.165) is 27.2 Å². The Bertz CT molecular complexity index is 1560. The molecular weight excluding hydrogens is 510 g/mol. The highest BCUT2D eigenvalue weighted by Gasteiger charge is 2.38. The number of anilines is 1. The molecule has 0 aromatic heterocycles.